The summed E-state index contributed by atoms with van der Waals surface area (Å²) in [6, 6.07) is 17.1. The van der Waals surface area contributed by atoms with E-state index >= 15 is 0 Å². The molecule has 0 atom stereocenters. The molecule has 0 aromatic heterocycles. The fraction of sp³-hybridized carbons (Fsp3) is 0.118. The van der Waals surface area contributed by atoms with Gasteiger partial charge in [-0.2, -0.15) is 0 Å². The third-order valence-electron chi connectivity index (χ3n) is 2.96. The van der Waals surface area contributed by atoms with Gasteiger partial charge in [-0.05, 0) is 36.8 Å². The zero-order valence-corrected chi connectivity index (χ0v) is 12.0. The third-order valence-corrected chi connectivity index (χ3v) is 3.31. The molecule has 3 heteroatoms. The van der Waals surface area contributed by atoms with Crippen LogP contribution < -0.4 is 4.90 Å². The van der Waals surface area contributed by atoms with Crippen molar-refractivity contribution in [2.24, 2.45) is 0 Å². The summed E-state index contributed by atoms with van der Waals surface area (Å²) in [6.45, 7) is 2.57. The minimum atomic E-state index is -0.0568. The van der Waals surface area contributed by atoms with Crippen LogP contribution in [0.15, 0.2) is 60.7 Å². The number of benzene rings is 2. The normalized spacial score (nSPS) is 10.7. The lowest BCUT2D eigenvalue weighted by molar-refractivity contribution is -0.114. The van der Waals surface area contributed by atoms with Gasteiger partial charge in [0.1, 0.15) is 0 Å². The maximum Gasteiger partial charge on any atom is 0.250 e. The number of para-hydroxylation sites is 1. The number of amides is 1. The highest BCUT2D eigenvalue weighted by Crippen LogP contribution is 2.17. The lowest BCUT2D eigenvalue weighted by atomic mass is 10.2. The summed E-state index contributed by atoms with van der Waals surface area (Å²) in [5, 5.41) is 0.638. The summed E-state index contributed by atoms with van der Waals surface area (Å²) in [6.07, 6.45) is 3.30. The largest absolute Gasteiger partial charge is 0.309 e. The van der Waals surface area contributed by atoms with Crippen LogP contribution in [0.2, 0.25) is 5.02 Å². The lowest BCUT2D eigenvalue weighted by Crippen LogP contribution is -2.28. The molecule has 1 amide bonds. The molecule has 0 heterocycles. The van der Waals surface area contributed by atoms with Crippen LogP contribution in [0.25, 0.3) is 6.08 Å². The number of likely N-dealkylation sites (N-methyl/N-ethyl adjacent to an activating group) is 1. The van der Waals surface area contributed by atoms with Crippen molar-refractivity contribution in [3.05, 3.63) is 71.3 Å². The van der Waals surface area contributed by atoms with E-state index in [9.17, 15) is 4.79 Å². The van der Waals surface area contributed by atoms with Gasteiger partial charge in [-0.1, -0.05) is 48.0 Å². The summed E-state index contributed by atoms with van der Waals surface area (Å²) in [7, 11) is 0. The zero-order valence-electron chi connectivity index (χ0n) is 11.3. The van der Waals surface area contributed by atoms with Crippen LogP contribution >= 0.6 is 11.6 Å². The Hall–Kier alpha value is -2.06. The lowest BCUT2D eigenvalue weighted by Gasteiger charge is -2.19. The molecule has 102 valence electrons. The number of hydrogen-bond donors (Lipinski definition) is 0. The van der Waals surface area contributed by atoms with Crippen LogP contribution in [-0.4, -0.2) is 12.5 Å². The molecule has 0 N–H and O–H groups in total. The summed E-state index contributed by atoms with van der Waals surface area (Å²) >= 11 is 6.06. The van der Waals surface area contributed by atoms with Crippen molar-refractivity contribution < 1.29 is 4.79 Å². The molecule has 2 rings (SSSR count). The Morgan fingerprint density at radius 3 is 2.40 bits per heavy atom. The second-order valence-corrected chi connectivity index (χ2v) is 4.68. The van der Waals surface area contributed by atoms with Gasteiger partial charge in [0.15, 0.2) is 0 Å². The summed E-state index contributed by atoms with van der Waals surface area (Å²) in [4.78, 5) is 14.0. The molecule has 2 aromatic rings. The molecule has 0 radical (unpaired) electrons. The fourth-order valence-electron chi connectivity index (χ4n) is 1.93. The Morgan fingerprint density at radius 2 is 1.75 bits per heavy atom. The van der Waals surface area contributed by atoms with Crippen molar-refractivity contribution in [3.8, 4) is 0 Å². The molecule has 0 saturated heterocycles. The molecule has 0 saturated carbocycles. The van der Waals surface area contributed by atoms with Gasteiger partial charge in [-0.25, -0.2) is 0 Å². The molecule has 0 unspecified atom stereocenters. The molecular formula is C17H16ClNO. The average Bonchev–Trinajstić information content (AvgIpc) is 2.48. The van der Waals surface area contributed by atoms with E-state index in [4.69, 9.17) is 11.6 Å². The Labute approximate surface area is 124 Å². The quantitative estimate of drug-likeness (QED) is 0.762. The minimum Gasteiger partial charge on any atom is -0.309 e. The Kier molecular flexibility index (Phi) is 4.97. The van der Waals surface area contributed by atoms with Gasteiger partial charge in [0, 0.05) is 23.3 Å². The molecule has 0 fully saturated rings. The van der Waals surface area contributed by atoms with Gasteiger partial charge >= 0.3 is 0 Å². The molecule has 0 aliphatic rings. The number of hydrogen-bond acceptors (Lipinski definition) is 1. The average molecular weight is 286 g/mol. The predicted octanol–water partition coefficient (Wildman–Crippen LogP) is 4.41. The minimum absolute atomic E-state index is 0.0568. The molecule has 0 aliphatic heterocycles. The first-order valence-corrected chi connectivity index (χ1v) is 6.89. The van der Waals surface area contributed by atoms with Gasteiger partial charge in [-0.3, -0.25) is 4.79 Å². The number of halogens is 1. The SMILES string of the molecule is CCN(C(=O)/C=C/c1ccccc1Cl)c1ccccc1. The van der Waals surface area contributed by atoms with Gasteiger partial charge < -0.3 is 4.90 Å². The fourth-order valence-corrected chi connectivity index (χ4v) is 2.13. The molecule has 0 bridgehead atoms. The van der Waals surface area contributed by atoms with E-state index in [-0.39, 0.29) is 5.91 Å². The van der Waals surface area contributed by atoms with E-state index in [2.05, 4.69) is 0 Å². The first kappa shape index (κ1) is 14.4. The summed E-state index contributed by atoms with van der Waals surface area (Å²) < 4.78 is 0. The summed E-state index contributed by atoms with van der Waals surface area (Å²) in [5.74, 6) is -0.0568. The van der Waals surface area contributed by atoms with E-state index in [1.807, 2.05) is 55.5 Å². The van der Waals surface area contributed by atoms with Crippen molar-refractivity contribution >= 4 is 29.3 Å². The van der Waals surface area contributed by atoms with Crippen LogP contribution in [0.3, 0.4) is 0 Å². The second-order valence-electron chi connectivity index (χ2n) is 4.27. The van der Waals surface area contributed by atoms with E-state index in [0.29, 0.717) is 11.6 Å². The molecular weight excluding hydrogens is 270 g/mol. The number of carbonyl (C=O) groups excluding carboxylic acids is 1. The number of carbonyl (C=O) groups is 1. The van der Waals surface area contributed by atoms with Gasteiger partial charge in [0.2, 0.25) is 0 Å². The molecule has 2 aromatic carbocycles. The Morgan fingerprint density at radius 1 is 1.10 bits per heavy atom. The number of anilines is 1. The van der Waals surface area contributed by atoms with Crippen LogP contribution in [0.4, 0.5) is 5.69 Å². The number of rotatable bonds is 4. The van der Waals surface area contributed by atoms with E-state index in [1.54, 1.807) is 23.1 Å². The van der Waals surface area contributed by atoms with E-state index < -0.39 is 0 Å². The van der Waals surface area contributed by atoms with Crippen LogP contribution in [0, 0.1) is 0 Å². The van der Waals surface area contributed by atoms with Crippen molar-refractivity contribution in [3.63, 3.8) is 0 Å². The molecule has 20 heavy (non-hydrogen) atoms. The zero-order chi connectivity index (χ0) is 14.4. The van der Waals surface area contributed by atoms with E-state index in [0.717, 1.165) is 11.3 Å². The van der Waals surface area contributed by atoms with Gasteiger partial charge in [-0.15, -0.1) is 0 Å². The molecule has 0 spiro atoms. The number of nitrogens with zero attached hydrogens (tertiary/aromatic N) is 1. The topological polar surface area (TPSA) is 20.3 Å². The van der Waals surface area contributed by atoms with Crippen molar-refractivity contribution in [2.45, 2.75) is 6.92 Å². The molecule has 2 nitrogen and oxygen atoms in total. The van der Waals surface area contributed by atoms with Crippen molar-refractivity contribution in [1.82, 2.24) is 0 Å². The van der Waals surface area contributed by atoms with Gasteiger partial charge in [0.05, 0.1) is 0 Å². The van der Waals surface area contributed by atoms with Crippen LogP contribution in [0.5, 0.6) is 0 Å². The smallest absolute Gasteiger partial charge is 0.250 e. The third kappa shape index (κ3) is 3.49. The monoisotopic (exact) mass is 285 g/mol. The Balaban J connectivity index is 2.17. The highest BCUT2D eigenvalue weighted by molar-refractivity contribution is 6.32. The van der Waals surface area contributed by atoms with Crippen molar-refractivity contribution in [2.75, 3.05) is 11.4 Å². The first-order valence-electron chi connectivity index (χ1n) is 6.51. The van der Waals surface area contributed by atoms with Gasteiger partial charge in [0.25, 0.3) is 5.91 Å². The maximum atomic E-state index is 12.3. The van der Waals surface area contributed by atoms with E-state index in [1.165, 1.54) is 0 Å². The predicted molar refractivity (Wildman–Crippen MR) is 85.0 cm³/mol. The van der Waals surface area contributed by atoms with Crippen LogP contribution in [0.1, 0.15) is 12.5 Å². The Bertz CT molecular complexity index is 607. The first-order chi connectivity index (χ1) is 9.72. The molecule has 0 aliphatic carbocycles. The second kappa shape index (κ2) is 6.92. The standard InChI is InChI=1S/C17H16ClNO/c1-2-19(15-9-4-3-5-10-15)17(20)13-12-14-8-6-7-11-16(14)18/h3-13H,2H2,1H3/b13-12+. The van der Waals surface area contributed by atoms with Crippen molar-refractivity contribution in [1.29, 1.82) is 0 Å². The highest BCUT2D eigenvalue weighted by Gasteiger charge is 2.10. The van der Waals surface area contributed by atoms with Crippen LogP contribution in [-0.2, 0) is 4.79 Å². The highest BCUT2D eigenvalue weighted by atomic mass is 35.5. The summed E-state index contributed by atoms with van der Waals surface area (Å²) in [5.41, 5.74) is 1.73. The maximum absolute atomic E-state index is 12.3.